The van der Waals surface area contributed by atoms with Gasteiger partial charge in [0.2, 0.25) is 0 Å². The van der Waals surface area contributed by atoms with Crippen LogP contribution in [0.25, 0.3) is 5.70 Å². The van der Waals surface area contributed by atoms with Gasteiger partial charge in [-0.05, 0) is 19.3 Å². The van der Waals surface area contributed by atoms with Crippen molar-refractivity contribution in [2.24, 2.45) is 0 Å². The van der Waals surface area contributed by atoms with Gasteiger partial charge in [0.15, 0.2) is 0 Å². The molecule has 18 heavy (non-hydrogen) atoms. The van der Waals surface area contributed by atoms with E-state index in [1.807, 2.05) is 30.3 Å². The summed E-state index contributed by atoms with van der Waals surface area (Å²) in [5, 5.41) is 11.0. The maximum Gasteiger partial charge on any atom is 0.334 e. The molecule has 1 fully saturated rings. The second kappa shape index (κ2) is 6.00. The molecule has 0 unspecified atom stereocenters. The lowest BCUT2D eigenvalue weighted by atomic mass is 10.1. The van der Waals surface area contributed by atoms with E-state index in [-0.39, 0.29) is 9.53 Å². The highest BCUT2D eigenvalue weighted by Gasteiger charge is 2.24. The van der Waals surface area contributed by atoms with E-state index >= 15 is 0 Å². The first kappa shape index (κ1) is 13.1. The van der Waals surface area contributed by atoms with Gasteiger partial charge in [-0.15, -0.1) is 0 Å². The third-order valence-corrected chi connectivity index (χ3v) is 3.74. The number of halogens is 1. The predicted octanol–water partition coefficient (Wildman–Crippen LogP) is 3.47. The molecule has 0 atom stereocenters. The highest BCUT2D eigenvalue weighted by atomic mass is 79.9. The summed E-state index contributed by atoms with van der Waals surface area (Å²) in [5.74, 6) is 0. The van der Waals surface area contributed by atoms with Crippen molar-refractivity contribution >= 4 is 21.6 Å². The van der Waals surface area contributed by atoms with E-state index in [2.05, 4.69) is 20.8 Å². The molecule has 5 heteroatoms. The number of piperidine rings is 1. The van der Waals surface area contributed by atoms with Gasteiger partial charge in [-0.25, -0.2) is 0 Å². The third-order valence-electron chi connectivity index (χ3n) is 3.08. The van der Waals surface area contributed by atoms with Crippen LogP contribution in [-0.2, 0) is 0 Å². The smallest absolute Gasteiger partial charge is 0.334 e. The highest BCUT2D eigenvalue weighted by Crippen LogP contribution is 2.29. The molecule has 0 spiro atoms. The molecular formula is C13H15BrN2O2. The number of hydrogen-bond acceptors (Lipinski definition) is 3. The van der Waals surface area contributed by atoms with E-state index in [9.17, 15) is 10.1 Å². The van der Waals surface area contributed by atoms with Gasteiger partial charge in [-0.1, -0.05) is 30.3 Å². The minimum atomic E-state index is -0.364. The molecule has 0 amide bonds. The molecule has 0 bridgehead atoms. The van der Waals surface area contributed by atoms with Gasteiger partial charge >= 0.3 is 4.61 Å². The Balaban J connectivity index is 2.41. The SMILES string of the molecule is O=[N+]([O-])C(Br)=C(c1ccccc1)N1CCCCC1. The van der Waals surface area contributed by atoms with Crippen molar-refractivity contribution in [1.82, 2.24) is 4.90 Å². The molecule has 1 aliphatic rings. The Labute approximate surface area is 115 Å². The Hall–Kier alpha value is -1.36. The normalized spacial score (nSPS) is 17.3. The first-order valence-electron chi connectivity index (χ1n) is 6.04. The zero-order valence-electron chi connectivity index (χ0n) is 10.0. The number of hydrogen-bond donors (Lipinski definition) is 0. The summed E-state index contributed by atoms with van der Waals surface area (Å²) in [5.41, 5.74) is 1.59. The van der Waals surface area contributed by atoms with Crippen LogP contribution in [0.4, 0.5) is 0 Å². The number of likely N-dealkylation sites (tertiary alicyclic amines) is 1. The molecule has 1 heterocycles. The molecule has 1 aromatic carbocycles. The fraction of sp³-hybridized carbons (Fsp3) is 0.385. The van der Waals surface area contributed by atoms with Crippen molar-refractivity contribution in [3.05, 3.63) is 50.6 Å². The number of rotatable bonds is 3. The molecule has 4 nitrogen and oxygen atoms in total. The van der Waals surface area contributed by atoms with Crippen LogP contribution >= 0.6 is 15.9 Å². The van der Waals surface area contributed by atoms with E-state index in [0.717, 1.165) is 31.5 Å². The minimum absolute atomic E-state index is 0.0515. The first-order chi connectivity index (χ1) is 8.70. The Kier molecular flexibility index (Phi) is 4.36. The summed E-state index contributed by atoms with van der Waals surface area (Å²) in [4.78, 5) is 12.8. The summed E-state index contributed by atoms with van der Waals surface area (Å²) in [6.45, 7) is 1.76. The van der Waals surface area contributed by atoms with E-state index < -0.39 is 0 Å². The quantitative estimate of drug-likeness (QED) is 0.488. The van der Waals surface area contributed by atoms with Gasteiger partial charge < -0.3 is 4.90 Å². The highest BCUT2D eigenvalue weighted by molar-refractivity contribution is 9.11. The number of nitrogens with zero attached hydrogens (tertiary/aromatic N) is 2. The molecule has 0 aromatic heterocycles. The Morgan fingerprint density at radius 1 is 1.17 bits per heavy atom. The number of benzene rings is 1. The zero-order chi connectivity index (χ0) is 13.0. The predicted molar refractivity (Wildman–Crippen MR) is 74.7 cm³/mol. The fourth-order valence-electron chi connectivity index (χ4n) is 2.23. The lowest BCUT2D eigenvalue weighted by Gasteiger charge is -2.30. The molecule has 0 saturated carbocycles. The average molecular weight is 311 g/mol. The van der Waals surface area contributed by atoms with Crippen LogP contribution in [0.3, 0.4) is 0 Å². The van der Waals surface area contributed by atoms with Gasteiger partial charge in [0, 0.05) is 34.6 Å². The van der Waals surface area contributed by atoms with Crippen molar-refractivity contribution in [1.29, 1.82) is 0 Å². The lowest BCUT2D eigenvalue weighted by Crippen LogP contribution is -2.29. The Bertz CT molecular complexity index is 453. The average Bonchev–Trinajstić information content (AvgIpc) is 2.41. The van der Waals surface area contributed by atoms with Gasteiger partial charge in [0.25, 0.3) is 0 Å². The van der Waals surface area contributed by atoms with Crippen molar-refractivity contribution in [2.45, 2.75) is 19.3 Å². The largest absolute Gasteiger partial charge is 0.365 e. The van der Waals surface area contributed by atoms with Crippen LogP contribution in [0.2, 0.25) is 0 Å². The molecule has 0 N–H and O–H groups in total. The lowest BCUT2D eigenvalue weighted by molar-refractivity contribution is -0.408. The summed E-state index contributed by atoms with van der Waals surface area (Å²) in [6, 6.07) is 9.54. The van der Waals surface area contributed by atoms with Gasteiger partial charge in [0.1, 0.15) is 5.70 Å². The fourth-order valence-corrected chi connectivity index (χ4v) is 2.71. The monoisotopic (exact) mass is 310 g/mol. The Morgan fingerprint density at radius 2 is 1.78 bits per heavy atom. The van der Waals surface area contributed by atoms with Gasteiger partial charge in [0.05, 0.1) is 4.92 Å². The van der Waals surface area contributed by atoms with Gasteiger partial charge in [-0.2, -0.15) is 0 Å². The Morgan fingerprint density at radius 3 is 2.33 bits per heavy atom. The van der Waals surface area contributed by atoms with E-state index in [0.29, 0.717) is 5.70 Å². The number of nitro groups is 1. The summed E-state index contributed by atoms with van der Waals surface area (Å²) in [7, 11) is 0. The topological polar surface area (TPSA) is 46.4 Å². The maximum atomic E-state index is 11.0. The second-order valence-electron chi connectivity index (χ2n) is 4.31. The molecule has 1 aromatic rings. The molecule has 0 radical (unpaired) electrons. The standard InChI is InChI=1S/C13H15BrN2O2/c14-13(16(17)18)12(11-7-3-1-4-8-11)15-9-5-2-6-10-15/h1,3-4,7-8H,2,5-6,9-10H2. The summed E-state index contributed by atoms with van der Waals surface area (Å²) < 4.78 is 0.0515. The van der Waals surface area contributed by atoms with E-state index in [4.69, 9.17) is 0 Å². The van der Waals surface area contributed by atoms with Crippen LogP contribution in [-0.4, -0.2) is 22.9 Å². The van der Waals surface area contributed by atoms with Crippen LogP contribution in [0, 0.1) is 10.1 Å². The second-order valence-corrected chi connectivity index (χ2v) is 5.06. The molecule has 0 aliphatic carbocycles. The summed E-state index contributed by atoms with van der Waals surface area (Å²) in [6.07, 6.45) is 3.39. The first-order valence-corrected chi connectivity index (χ1v) is 6.84. The molecule has 96 valence electrons. The summed E-state index contributed by atoms with van der Waals surface area (Å²) >= 11 is 3.12. The minimum Gasteiger partial charge on any atom is -0.365 e. The van der Waals surface area contributed by atoms with Crippen LogP contribution < -0.4 is 0 Å². The molecule has 1 aliphatic heterocycles. The van der Waals surface area contributed by atoms with Gasteiger partial charge in [-0.3, -0.25) is 10.1 Å². The molecule has 1 saturated heterocycles. The van der Waals surface area contributed by atoms with Crippen molar-refractivity contribution in [2.75, 3.05) is 13.1 Å². The van der Waals surface area contributed by atoms with Crippen molar-refractivity contribution in [3.8, 4) is 0 Å². The molecule has 2 rings (SSSR count). The zero-order valence-corrected chi connectivity index (χ0v) is 11.6. The van der Waals surface area contributed by atoms with Crippen molar-refractivity contribution in [3.63, 3.8) is 0 Å². The van der Waals surface area contributed by atoms with Crippen molar-refractivity contribution < 1.29 is 4.92 Å². The van der Waals surface area contributed by atoms with Crippen LogP contribution in [0.1, 0.15) is 24.8 Å². The van der Waals surface area contributed by atoms with Crippen LogP contribution in [0.15, 0.2) is 34.9 Å². The third kappa shape index (κ3) is 2.90. The molecular weight excluding hydrogens is 296 g/mol. The van der Waals surface area contributed by atoms with E-state index in [1.165, 1.54) is 6.42 Å². The maximum absolute atomic E-state index is 11.0. The van der Waals surface area contributed by atoms with Crippen LogP contribution in [0.5, 0.6) is 0 Å². The van der Waals surface area contributed by atoms with E-state index in [1.54, 1.807) is 0 Å².